The van der Waals surface area contributed by atoms with Crippen LogP contribution >= 0.6 is 46.3 Å². The fourth-order valence-corrected chi connectivity index (χ4v) is 3.92. The molecule has 9 heteroatoms. The summed E-state index contributed by atoms with van der Waals surface area (Å²) in [5, 5.41) is 11.9. The van der Waals surface area contributed by atoms with E-state index in [9.17, 15) is 4.79 Å². The number of benzene rings is 2. The van der Waals surface area contributed by atoms with Crippen LogP contribution in [0.1, 0.15) is 5.56 Å². The smallest absolute Gasteiger partial charge is 0.264 e. The maximum atomic E-state index is 12.0. The molecule has 0 unspecified atom stereocenters. The normalized spacial score (nSPS) is 10.5. The van der Waals surface area contributed by atoms with Gasteiger partial charge in [0.2, 0.25) is 5.13 Å². The van der Waals surface area contributed by atoms with Gasteiger partial charge in [0.1, 0.15) is 5.75 Å². The summed E-state index contributed by atoms with van der Waals surface area (Å²) in [6.07, 6.45) is 0. The second-order valence-electron chi connectivity index (χ2n) is 5.06. The monoisotopic (exact) mass is 425 g/mol. The Bertz CT molecular complexity index is 891. The molecule has 0 radical (unpaired) electrons. The summed E-state index contributed by atoms with van der Waals surface area (Å²) in [6.45, 7) is -0.163. The van der Waals surface area contributed by atoms with Gasteiger partial charge in [0.15, 0.2) is 10.9 Å². The lowest BCUT2D eigenvalue weighted by Crippen LogP contribution is -2.20. The molecule has 1 aromatic heterocycles. The van der Waals surface area contributed by atoms with Gasteiger partial charge in [-0.2, -0.15) is 0 Å². The second kappa shape index (κ2) is 9.23. The molecule has 0 atom stereocenters. The summed E-state index contributed by atoms with van der Waals surface area (Å²) < 4.78 is 6.17. The average Bonchev–Trinajstić information content (AvgIpc) is 3.09. The molecule has 3 aromatic rings. The Morgan fingerprint density at radius 1 is 1.12 bits per heavy atom. The Kier molecular flexibility index (Phi) is 6.73. The molecule has 0 aliphatic heterocycles. The number of hydrogen-bond donors (Lipinski definition) is 1. The summed E-state index contributed by atoms with van der Waals surface area (Å²) in [7, 11) is 0. The predicted molar refractivity (Wildman–Crippen MR) is 106 cm³/mol. The largest absolute Gasteiger partial charge is 0.484 e. The third kappa shape index (κ3) is 5.60. The lowest BCUT2D eigenvalue weighted by atomic mass is 10.2. The van der Waals surface area contributed by atoms with Crippen LogP contribution in [0.3, 0.4) is 0 Å². The van der Waals surface area contributed by atoms with Gasteiger partial charge in [0.25, 0.3) is 5.91 Å². The molecule has 26 heavy (non-hydrogen) atoms. The van der Waals surface area contributed by atoms with E-state index < -0.39 is 0 Å². The van der Waals surface area contributed by atoms with Gasteiger partial charge >= 0.3 is 0 Å². The zero-order valence-electron chi connectivity index (χ0n) is 13.3. The minimum atomic E-state index is -0.327. The molecule has 3 rings (SSSR count). The van der Waals surface area contributed by atoms with E-state index in [0.29, 0.717) is 20.9 Å². The van der Waals surface area contributed by atoms with Crippen LogP contribution in [0, 0.1) is 0 Å². The van der Waals surface area contributed by atoms with Crippen LogP contribution in [0.25, 0.3) is 0 Å². The number of thioether (sulfide) groups is 1. The molecule has 0 spiro atoms. The van der Waals surface area contributed by atoms with Gasteiger partial charge in [-0.3, -0.25) is 10.1 Å². The number of aromatic nitrogens is 2. The van der Waals surface area contributed by atoms with E-state index in [2.05, 4.69) is 27.6 Å². The van der Waals surface area contributed by atoms with E-state index in [4.69, 9.17) is 27.9 Å². The van der Waals surface area contributed by atoms with E-state index in [1.54, 1.807) is 30.0 Å². The molecule has 0 bridgehead atoms. The molecule has 0 aliphatic rings. The van der Waals surface area contributed by atoms with E-state index in [1.165, 1.54) is 16.9 Å². The zero-order chi connectivity index (χ0) is 18.4. The summed E-state index contributed by atoms with van der Waals surface area (Å²) in [4.78, 5) is 12.0. The standard InChI is InChI=1S/C17H13Cl2N3O2S2/c18-13-7-6-12(8-14(13)19)24-9-15(23)20-16-21-22-17(26-16)25-10-11-4-2-1-3-5-11/h1-8H,9-10H2,(H,20,21,23). The van der Waals surface area contributed by atoms with E-state index in [-0.39, 0.29) is 12.5 Å². The molecule has 134 valence electrons. The number of anilines is 1. The Labute approximate surface area is 168 Å². The molecule has 2 aromatic carbocycles. The number of halogens is 2. The quantitative estimate of drug-likeness (QED) is 0.418. The molecular weight excluding hydrogens is 413 g/mol. The first kappa shape index (κ1) is 19.0. The molecular formula is C17H13Cl2N3O2S2. The maximum Gasteiger partial charge on any atom is 0.264 e. The van der Waals surface area contributed by atoms with Gasteiger partial charge in [0, 0.05) is 11.8 Å². The Balaban J connectivity index is 1.47. The molecule has 0 aliphatic carbocycles. The summed E-state index contributed by atoms with van der Waals surface area (Å²) in [5.41, 5.74) is 1.20. The first-order chi connectivity index (χ1) is 12.6. The van der Waals surface area contributed by atoms with Crippen LogP contribution in [0.4, 0.5) is 5.13 Å². The highest BCUT2D eigenvalue weighted by molar-refractivity contribution is 8.00. The Morgan fingerprint density at radius 2 is 1.92 bits per heavy atom. The number of ether oxygens (including phenoxy) is 1. The Morgan fingerprint density at radius 3 is 2.69 bits per heavy atom. The number of nitrogens with zero attached hydrogens (tertiary/aromatic N) is 2. The van der Waals surface area contributed by atoms with Gasteiger partial charge in [-0.1, -0.05) is 76.6 Å². The minimum absolute atomic E-state index is 0.163. The first-order valence-electron chi connectivity index (χ1n) is 7.48. The first-order valence-corrected chi connectivity index (χ1v) is 10.0. The van der Waals surface area contributed by atoms with Crippen molar-refractivity contribution in [3.05, 3.63) is 64.1 Å². The third-order valence-corrected chi connectivity index (χ3v) is 5.90. The van der Waals surface area contributed by atoms with Crippen molar-refractivity contribution in [3.8, 4) is 5.75 Å². The van der Waals surface area contributed by atoms with Crippen molar-refractivity contribution >= 4 is 57.3 Å². The van der Waals surface area contributed by atoms with Crippen LogP contribution in [-0.4, -0.2) is 22.7 Å². The lowest BCUT2D eigenvalue weighted by Gasteiger charge is -2.06. The van der Waals surface area contributed by atoms with E-state index in [1.807, 2.05) is 18.2 Å². The molecule has 5 nitrogen and oxygen atoms in total. The van der Waals surface area contributed by atoms with Crippen molar-refractivity contribution in [2.45, 2.75) is 10.1 Å². The molecule has 1 N–H and O–H groups in total. The van der Waals surface area contributed by atoms with Gasteiger partial charge in [-0.25, -0.2) is 0 Å². The van der Waals surface area contributed by atoms with Crippen molar-refractivity contribution < 1.29 is 9.53 Å². The molecule has 1 heterocycles. The van der Waals surface area contributed by atoms with Crippen molar-refractivity contribution in [2.24, 2.45) is 0 Å². The van der Waals surface area contributed by atoms with Crippen LogP contribution in [0.15, 0.2) is 52.9 Å². The van der Waals surface area contributed by atoms with Crippen LogP contribution in [0.5, 0.6) is 5.75 Å². The van der Waals surface area contributed by atoms with Crippen molar-refractivity contribution in [2.75, 3.05) is 11.9 Å². The Hall–Kier alpha value is -1.80. The maximum absolute atomic E-state index is 12.0. The highest BCUT2D eigenvalue weighted by atomic mass is 35.5. The SMILES string of the molecule is O=C(COc1ccc(Cl)c(Cl)c1)Nc1nnc(SCc2ccccc2)s1. The predicted octanol–water partition coefficient (Wildman–Crippen LogP) is 5.15. The second-order valence-corrected chi connectivity index (χ2v) is 8.07. The fourth-order valence-electron chi connectivity index (χ4n) is 1.91. The van der Waals surface area contributed by atoms with E-state index in [0.717, 1.165) is 10.1 Å². The zero-order valence-corrected chi connectivity index (χ0v) is 16.5. The van der Waals surface area contributed by atoms with Crippen molar-refractivity contribution in [1.82, 2.24) is 10.2 Å². The molecule has 0 saturated heterocycles. The third-order valence-electron chi connectivity index (χ3n) is 3.12. The van der Waals surface area contributed by atoms with Crippen molar-refractivity contribution in [1.29, 1.82) is 0 Å². The summed E-state index contributed by atoms with van der Waals surface area (Å²) >= 11 is 14.6. The lowest BCUT2D eigenvalue weighted by molar-refractivity contribution is -0.118. The van der Waals surface area contributed by atoms with Crippen LogP contribution in [-0.2, 0) is 10.5 Å². The highest BCUT2D eigenvalue weighted by Gasteiger charge is 2.10. The molecule has 0 fully saturated rings. The summed E-state index contributed by atoms with van der Waals surface area (Å²) in [6, 6.07) is 14.9. The number of nitrogens with one attached hydrogen (secondary N) is 1. The van der Waals surface area contributed by atoms with Gasteiger partial charge in [-0.15, -0.1) is 10.2 Å². The van der Waals surface area contributed by atoms with Crippen molar-refractivity contribution in [3.63, 3.8) is 0 Å². The minimum Gasteiger partial charge on any atom is -0.484 e. The topological polar surface area (TPSA) is 64.1 Å². The molecule has 0 saturated carbocycles. The van der Waals surface area contributed by atoms with Gasteiger partial charge < -0.3 is 4.74 Å². The molecule has 1 amide bonds. The van der Waals surface area contributed by atoms with E-state index >= 15 is 0 Å². The van der Waals surface area contributed by atoms with Gasteiger partial charge in [-0.05, 0) is 17.7 Å². The van der Waals surface area contributed by atoms with Gasteiger partial charge in [0.05, 0.1) is 10.0 Å². The average molecular weight is 426 g/mol. The summed E-state index contributed by atoms with van der Waals surface area (Å²) in [5.74, 6) is 0.932. The number of amides is 1. The van der Waals surface area contributed by atoms with Crippen LogP contribution < -0.4 is 10.1 Å². The number of carbonyl (C=O) groups excluding carboxylic acids is 1. The highest BCUT2D eigenvalue weighted by Crippen LogP contribution is 2.28. The fraction of sp³-hybridized carbons (Fsp3) is 0.118. The number of carbonyl (C=O) groups is 1. The number of rotatable bonds is 7. The van der Waals surface area contributed by atoms with Crippen LogP contribution in [0.2, 0.25) is 10.0 Å². The number of hydrogen-bond acceptors (Lipinski definition) is 6.